The summed E-state index contributed by atoms with van der Waals surface area (Å²) in [4.78, 5) is 16.9. The molecule has 0 radical (unpaired) electrons. The van der Waals surface area contributed by atoms with Crippen molar-refractivity contribution in [1.82, 2.24) is 4.98 Å². The number of carbonyl (C=O) groups excluding carboxylic acids is 1. The third-order valence-electron chi connectivity index (χ3n) is 5.25. The van der Waals surface area contributed by atoms with Gasteiger partial charge in [-0.05, 0) is 36.3 Å². The Hall–Kier alpha value is -2.16. The molecule has 0 saturated heterocycles. The Morgan fingerprint density at radius 1 is 1.00 bits per heavy atom. The van der Waals surface area contributed by atoms with Gasteiger partial charge in [0.05, 0.1) is 5.92 Å². The number of esters is 1. The van der Waals surface area contributed by atoms with E-state index in [0.717, 1.165) is 11.1 Å². The van der Waals surface area contributed by atoms with Crippen LogP contribution >= 0.6 is 0 Å². The Balaban J connectivity index is 1.55. The lowest BCUT2D eigenvalue weighted by Crippen LogP contribution is -2.15. The van der Waals surface area contributed by atoms with E-state index in [4.69, 9.17) is 4.74 Å². The number of hydrogen-bond donors (Lipinski definition) is 0. The number of carbonyl (C=O) groups is 1. The van der Waals surface area contributed by atoms with Gasteiger partial charge in [-0.1, -0.05) is 49.2 Å². The molecule has 2 fully saturated rings. The van der Waals surface area contributed by atoms with Gasteiger partial charge >= 0.3 is 5.97 Å². The first-order chi connectivity index (χ1) is 11.3. The van der Waals surface area contributed by atoms with Crippen LogP contribution in [0.5, 0.6) is 0 Å². The van der Waals surface area contributed by atoms with E-state index in [1.54, 1.807) is 12.4 Å². The monoisotopic (exact) mass is 307 g/mol. The highest BCUT2D eigenvalue weighted by atomic mass is 16.5. The molecule has 3 heteroatoms. The van der Waals surface area contributed by atoms with Crippen LogP contribution in [0.1, 0.15) is 42.9 Å². The average molecular weight is 307 g/mol. The number of benzene rings is 1. The zero-order valence-electron chi connectivity index (χ0n) is 13.1. The Morgan fingerprint density at radius 2 is 1.70 bits per heavy atom. The van der Waals surface area contributed by atoms with Crippen LogP contribution in [0.2, 0.25) is 0 Å². The van der Waals surface area contributed by atoms with Gasteiger partial charge in [0.15, 0.2) is 6.10 Å². The summed E-state index contributed by atoms with van der Waals surface area (Å²) in [7, 11) is 0. The van der Waals surface area contributed by atoms with Crippen LogP contribution in [0.15, 0.2) is 54.9 Å². The lowest BCUT2D eigenvalue weighted by atomic mass is 10.0. The smallest absolute Gasteiger partial charge is 0.310 e. The molecule has 23 heavy (non-hydrogen) atoms. The van der Waals surface area contributed by atoms with Gasteiger partial charge in [-0.25, -0.2) is 0 Å². The molecule has 0 aliphatic heterocycles. The molecular weight excluding hydrogens is 286 g/mol. The Kier molecular flexibility index (Phi) is 3.86. The fourth-order valence-corrected chi connectivity index (χ4v) is 4.02. The standard InChI is InChI=1S/C20H21NO2/c22-20(18-16-10-4-5-11-17(16)18)23-19(14-7-2-1-3-8-14)15-9-6-12-21-13-15/h1-3,6-9,12-13,16-19H,4-5,10-11H2/t16-,17+,18?,19-/m1/s1. The molecule has 2 aliphatic carbocycles. The fourth-order valence-electron chi connectivity index (χ4n) is 4.02. The predicted octanol–water partition coefficient (Wildman–Crippen LogP) is 4.15. The van der Waals surface area contributed by atoms with Crippen molar-refractivity contribution >= 4 is 5.97 Å². The summed E-state index contributed by atoms with van der Waals surface area (Å²) in [6.07, 6.45) is 8.06. The highest BCUT2D eigenvalue weighted by Gasteiger charge is 2.56. The Bertz CT molecular complexity index is 619. The van der Waals surface area contributed by atoms with E-state index in [2.05, 4.69) is 4.98 Å². The molecule has 2 saturated carbocycles. The van der Waals surface area contributed by atoms with Gasteiger partial charge in [-0.2, -0.15) is 0 Å². The van der Waals surface area contributed by atoms with Gasteiger partial charge in [0.2, 0.25) is 0 Å². The minimum Gasteiger partial charge on any atom is -0.452 e. The van der Waals surface area contributed by atoms with Crippen LogP contribution < -0.4 is 0 Å². The summed E-state index contributed by atoms with van der Waals surface area (Å²) in [5.74, 6) is 1.24. The molecule has 3 nitrogen and oxygen atoms in total. The summed E-state index contributed by atoms with van der Waals surface area (Å²) in [6, 6.07) is 13.8. The third kappa shape index (κ3) is 2.88. The van der Waals surface area contributed by atoms with E-state index in [0.29, 0.717) is 11.8 Å². The first-order valence-corrected chi connectivity index (χ1v) is 8.50. The van der Waals surface area contributed by atoms with Crippen molar-refractivity contribution < 1.29 is 9.53 Å². The molecule has 0 spiro atoms. The van der Waals surface area contributed by atoms with E-state index >= 15 is 0 Å². The van der Waals surface area contributed by atoms with Gasteiger partial charge < -0.3 is 4.74 Å². The lowest BCUT2D eigenvalue weighted by molar-refractivity contribution is -0.149. The van der Waals surface area contributed by atoms with E-state index in [1.165, 1.54) is 25.7 Å². The SMILES string of the molecule is O=C(O[C@H](c1ccccc1)c1cccnc1)C1[C@H]2CCCC[C@@H]12. The summed E-state index contributed by atoms with van der Waals surface area (Å²) < 4.78 is 5.96. The molecule has 1 unspecified atom stereocenters. The van der Waals surface area contributed by atoms with E-state index in [9.17, 15) is 4.79 Å². The topological polar surface area (TPSA) is 39.2 Å². The highest BCUT2D eigenvalue weighted by Crippen LogP contribution is 2.56. The molecule has 1 aromatic carbocycles. The number of rotatable bonds is 4. The number of nitrogens with zero attached hydrogens (tertiary/aromatic N) is 1. The van der Waals surface area contributed by atoms with Crippen LogP contribution in [0.3, 0.4) is 0 Å². The molecule has 4 atom stereocenters. The number of aromatic nitrogens is 1. The quantitative estimate of drug-likeness (QED) is 0.797. The Morgan fingerprint density at radius 3 is 2.35 bits per heavy atom. The number of pyridine rings is 1. The van der Waals surface area contributed by atoms with Crippen molar-refractivity contribution in [3.05, 3.63) is 66.0 Å². The highest BCUT2D eigenvalue weighted by molar-refractivity contribution is 5.77. The molecule has 118 valence electrons. The van der Waals surface area contributed by atoms with Crippen molar-refractivity contribution in [3.63, 3.8) is 0 Å². The molecule has 2 aliphatic rings. The second-order valence-electron chi connectivity index (χ2n) is 6.65. The van der Waals surface area contributed by atoms with Crippen LogP contribution in [0.4, 0.5) is 0 Å². The van der Waals surface area contributed by atoms with Crippen LogP contribution in [-0.4, -0.2) is 11.0 Å². The third-order valence-corrected chi connectivity index (χ3v) is 5.25. The van der Waals surface area contributed by atoms with Gasteiger partial charge in [0.25, 0.3) is 0 Å². The molecule has 0 bridgehead atoms. The summed E-state index contributed by atoms with van der Waals surface area (Å²) in [5.41, 5.74) is 1.92. The average Bonchev–Trinajstić information content (AvgIpc) is 3.35. The van der Waals surface area contributed by atoms with Crippen molar-refractivity contribution in [2.45, 2.75) is 31.8 Å². The summed E-state index contributed by atoms with van der Waals surface area (Å²) in [6.45, 7) is 0. The predicted molar refractivity (Wildman–Crippen MR) is 87.6 cm³/mol. The van der Waals surface area contributed by atoms with Gasteiger partial charge in [0.1, 0.15) is 0 Å². The first kappa shape index (κ1) is 14.4. The second kappa shape index (κ2) is 6.15. The lowest BCUT2D eigenvalue weighted by Gasteiger charge is -2.18. The summed E-state index contributed by atoms with van der Waals surface area (Å²) >= 11 is 0. The fraction of sp³-hybridized carbons (Fsp3) is 0.400. The van der Waals surface area contributed by atoms with Crippen molar-refractivity contribution in [2.75, 3.05) is 0 Å². The van der Waals surface area contributed by atoms with Crippen LogP contribution in [-0.2, 0) is 9.53 Å². The first-order valence-electron chi connectivity index (χ1n) is 8.50. The maximum absolute atomic E-state index is 12.7. The number of ether oxygens (including phenoxy) is 1. The maximum atomic E-state index is 12.7. The van der Waals surface area contributed by atoms with Gasteiger partial charge in [-0.3, -0.25) is 9.78 Å². The zero-order chi connectivity index (χ0) is 15.6. The molecule has 0 amide bonds. The molecule has 2 aromatic rings. The van der Waals surface area contributed by atoms with Crippen molar-refractivity contribution in [3.8, 4) is 0 Å². The number of hydrogen-bond acceptors (Lipinski definition) is 3. The largest absolute Gasteiger partial charge is 0.452 e. The van der Waals surface area contributed by atoms with E-state index in [-0.39, 0.29) is 18.0 Å². The minimum atomic E-state index is -0.361. The van der Waals surface area contributed by atoms with Crippen LogP contribution in [0, 0.1) is 17.8 Å². The van der Waals surface area contributed by atoms with Gasteiger partial charge in [0, 0.05) is 18.0 Å². The Labute approximate surface area is 136 Å². The molecule has 1 aromatic heterocycles. The van der Waals surface area contributed by atoms with E-state index < -0.39 is 0 Å². The molecule has 4 rings (SSSR count). The maximum Gasteiger partial charge on any atom is 0.310 e. The second-order valence-corrected chi connectivity index (χ2v) is 6.65. The van der Waals surface area contributed by atoms with E-state index in [1.807, 2.05) is 42.5 Å². The molecular formula is C20H21NO2. The van der Waals surface area contributed by atoms with Gasteiger partial charge in [-0.15, -0.1) is 0 Å². The zero-order valence-corrected chi connectivity index (χ0v) is 13.1. The molecule has 0 N–H and O–H groups in total. The number of fused-ring (bicyclic) bond motifs is 1. The molecule has 1 heterocycles. The minimum absolute atomic E-state index is 0.0281. The summed E-state index contributed by atoms with van der Waals surface area (Å²) in [5, 5.41) is 0. The van der Waals surface area contributed by atoms with Crippen molar-refractivity contribution in [2.24, 2.45) is 17.8 Å². The van der Waals surface area contributed by atoms with Crippen LogP contribution in [0.25, 0.3) is 0 Å². The normalized spacial score (nSPS) is 26.9. The van der Waals surface area contributed by atoms with Crippen molar-refractivity contribution in [1.29, 1.82) is 0 Å².